The summed E-state index contributed by atoms with van der Waals surface area (Å²) in [6.45, 7) is 6.52. The Hall–Kier alpha value is -3.36. The van der Waals surface area contributed by atoms with E-state index < -0.39 is 40.0 Å². The largest absolute Gasteiger partial charge is 0.481 e. The molecule has 9 nitrogen and oxygen atoms in total. The second kappa shape index (κ2) is 7.60. The molecule has 0 N–H and O–H groups in total. The van der Waals surface area contributed by atoms with Crippen LogP contribution in [0.25, 0.3) is 11.0 Å². The Morgan fingerprint density at radius 3 is 2.45 bits per heavy atom. The van der Waals surface area contributed by atoms with Gasteiger partial charge in [-0.1, -0.05) is 13.8 Å². The first-order valence-electron chi connectivity index (χ1n) is 10.6. The lowest BCUT2D eigenvalue weighted by molar-refractivity contribution is -0.184. The summed E-state index contributed by atoms with van der Waals surface area (Å²) in [5.41, 5.74) is -2.37. The fourth-order valence-corrected chi connectivity index (χ4v) is 4.85. The van der Waals surface area contributed by atoms with Crippen molar-refractivity contribution in [1.29, 1.82) is 0 Å². The van der Waals surface area contributed by atoms with Gasteiger partial charge in [0.25, 0.3) is 0 Å². The molecule has 2 aliphatic rings. The fraction of sp³-hybridized carbons (Fsp3) is 0.500. The average molecular weight is 458 g/mol. The SMILES string of the molecule is COC(=O)COc1ccc2c(C)cc(=O)oc2c1COC(=O)C12CCC(C)(C(=O)O1)C2(C)C. The van der Waals surface area contributed by atoms with Crippen LogP contribution in [-0.4, -0.2) is 37.2 Å². The van der Waals surface area contributed by atoms with Gasteiger partial charge in [0.05, 0.1) is 18.1 Å². The van der Waals surface area contributed by atoms with Gasteiger partial charge in [-0.15, -0.1) is 0 Å². The highest BCUT2D eigenvalue weighted by atomic mass is 16.6. The number of carbonyl (C=O) groups is 3. The van der Waals surface area contributed by atoms with Crippen molar-refractivity contribution in [2.45, 2.75) is 52.7 Å². The number of hydrogen-bond acceptors (Lipinski definition) is 9. The number of methoxy groups -OCH3 is 1. The lowest BCUT2D eigenvalue weighted by atomic mass is 9.66. The first-order chi connectivity index (χ1) is 15.5. The monoisotopic (exact) mass is 458 g/mol. The van der Waals surface area contributed by atoms with E-state index in [1.54, 1.807) is 26.0 Å². The Labute approximate surface area is 189 Å². The summed E-state index contributed by atoms with van der Waals surface area (Å²) in [5, 5.41) is 0.630. The van der Waals surface area contributed by atoms with Gasteiger partial charge in [0, 0.05) is 16.9 Å². The molecule has 1 aliphatic carbocycles. The van der Waals surface area contributed by atoms with E-state index in [1.807, 2.05) is 13.8 Å². The topological polar surface area (TPSA) is 118 Å². The Bertz CT molecular complexity index is 1220. The number of ether oxygens (including phenoxy) is 4. The maximum absolute atomic E-state index is 13.3. The molecule has 1 saturated heterocycles. The number of benzene rings is 1. The molecule has 0 radical (unpaired) electrons. The lowest BCUT2D eigenvalue weighted by Crippen LogP contribution is -2.48. The van der Waals surface area contributed by atoms with Gasteiger partial charge < -0.3 is 23.4 Å². The molecule has 1 saturated carbocycles. The summed E-state index contributed by atoms with van der Waals surface area (Å²) in [6.07, 6.45) is 0.875. The molecule has 0 amide bonds. The van der Waals surface area contributed by atoms with Crippen LogP contribution >= 0.6 is 0 Å². The summed E-state index contributed by atoms with van der Waals surface area (Å²) in [7, 11) is 1.23. The van der Waals surface area contributed by atoms with Crippen molar-refractivity contribution in [2.75, 3.05) is 13.7 Å². The molecule has 33 heavy (non-hydrogen) atoms. The van der Waals surface area contributed by atoms with Crippen molar-refractivity contribution in [3.8, 4) is 5.75 Å². The van der Waals surface area contributed by atoms with Crippen molar-refractivity contribution in [3.63, 3.8) is 0 Å². The summed E-state index contributed by atoms with van der Waals surface area (Å²) < 4.78 is 26.8. The maximum atomic E-state index is 13.3. The Balaban J connectivity index is 1.69. The summed E-state index contributed by atoms with van der Waals surface area (Å²) in [5.74, 6) is -1.49. The highest BCUT2D eigenvalue weighted by molar-refractivity contribution is 5.94. The molecule has 2 bridgehead atoms. The maximum Gasteiger partial charge on any atom is 0.351 e. The molecule has 1 aliphatic heterocycles. The summed E-state index contributed by atoms with van der Waals surface area (Å²) in [4.78, 5) is 49.4. The standard InChI is InChI=1S/C24H26O9/c1-13-10-17(25)32-19-14(13)6-7-16(30-12-18(26)29-5)15(19)11-31-21(28)24-9-8-23(4,20(27)33-24)22(24,2)3/h6-7,10H,8-9,11-12H2,1-5H3. The highest BCUT2D eigenvalue weighted by Crippen LogP contribution is 2.65. The fourth-order valence-electron chi connectivity index (χ4n) is 4.85. The minimum Gasteiger partial charge on any atom is -0.481 e. The van der Waals surface area contributed by atoms with Crippen LogP contribution in [-0.2, 0) is 35.2 Å². The number of hydrogen-bond donors (Lipinski definition) is 0. The molecule has 176 valence electrons. The molecule has 9 heteroatoms. The van der Waals surface area contributed by atoms with Crippen LogP contribution in [0.5, 0.6) is 5.75 Å². The first-order valence-corrected chi connectivity index (χ1v) is 10.6. The molecule has 4 rings (SSSR count). The molecule has 2 aromatic rings. The minimum atomic E-state index is -1.40. The molecular formula is C24H26O9. The number of aryl methyl sites for hydroxylation is 1. The van der Waals surface area contributed by atoms with Crippen molar-refractivity contribution in [3.05, 3.63) is 39.7 Å². The van der Waals surface area contributed by atoms with Gasteiger partial charge in [-0.05, 0) is 44.4 Å². The Morgan fingerprint density at radius 1 is 1.12 bits per heavy atom. The van der Waals surface area contributed by atoms with E-state index in [1.165, 1.54) is 13.2 Å². The van der Waals surface area contributed by atoms with Crippen LogP contribution < -0.4 is 10.4 Å². The Kier molecular flexibility index (Phi) is 5.26. The van der Waals surface area contributed by atoms with Crippen LogP contribution in [0.1, 0.15) is 44.7 Å². The minimum absolute atomic E-state index is 0.187. The smallest absolute Gasteiger partial charge is 0.351 e. The van der Waals surface area contributed by atoms with Crippen LogP contribution in [0.4, 0.5) is 0 Å². The van der Waals surface area contributed by atoms with Gasteiger partial charge >= 0.3 is 23.5 Å². The van der Waals surface area contributed by atoms with Crippen molar-refractivity contribution < 1.29 is 37.7 Å². The second-order valence-electron chi connectivity index (χ2n) is 9.28. The van der Waals surface area contributed by atoms with E-state index in [-0.39, 0.29) is 30.1 Å². The zero-order valence-corrected chi connectivity index (χ0v) is 19.2. The van der Waals surface area contributed by atoms with Crippen molar-refractivity contribution in [1.82, 2.24) is 0 Å². The normalized spacial score (nSPS) is 25.1. The summed E-state index contributed by atoms with van der Waals surface area (Å²) in [6, 6.07) is 4.65. The molecule has 1 aromatic carbocycles. The number of rotatable bonds is 6. The van der Waals surface area contributed by atoms with Gasteiger partial charge in [0.15, 0.2) is 6.61 Å². The third kappa shape index (κ3) is 3.20. The van der Waals surface area contributed by atoms with E-state index in [4.69, 9.17) is 18.6 Å². The van der Waals surface area contributed by atoms with E-state index >= 15 is 0 Å². The van der Waals surface area contributed by atoms with Crippen LogP contribution in [0.3, 0.4) is 0 Å². The average Bonchev–Trinajstić information content (AvgIpc) is 3.06. The zero-order chi connectivity index (χ0) is 24.2. The van der Waals surface area contributed by atoms with Gasteiger partial charge in [-0.25, -0.2) is 14.4 Å². The third-order valence-electron chi connectivity index (χ3n) is 7.51. The van der Waals surface area contributed by atoms with Gasteiger partial charge in [0.2, 0.25) is 5.60 Å². The van der Waals surface area contributed by atoms with Gasteiger partial charge in [-0.2, -0.15) is 0 Å². The van der Waals surface area contributed by atoms with Crippen LogP contribution in [0.15, 0.2) is 27.4 Å². The van der Waals surface area contributed by atoms with Gasteiger partial charge in [0.1, 0.15) is 17.9 Å². The first kappa shape index (κ1) is 22.8. The molecule has 1 aromatic heterocycles. The molecule has 2 heterocycles. The predicted molar refractivity (Wildman–Crippen MR) is 114 cm³/mol. The van der Waals surface area contributed by atoms with Crippen molar-refractivity contribution >= 4 is 28.9 Å². The number of esters is 3. The Morgan fingerprint density at radius 2 is 1.85 bits per heavy atom. The summed E-state index contributed by atoms with van der Waals surface area (Å²) >= 11 is 0. The van der Waals surface area contributed by atoms with E-state index in [0.717, 1.165) is 0 Å². The quantitative estimate of drug-likeness (QED) is 0.366. The highest BCUT2D eigenvalue weighted by Gasteiger charge is 2.76. The number of carbonyl (C=O) groups excluding carboxylic acids is 3. The van der Waals surface area contributed by atoms with Crippen LogP contribution in [0.2, 0.25) is 0 Å². The lowest BCUT2D eigenvalue weighted by Gasteiger charge is -2.34. The van der Waals surface area contributed by atoms with E-state index in [0.29, 0.717) is 23.8 Å². The molecular weight excluding hydrogens is 432 g/mol. The molecule has 0 spiro atoms. The third-order valence-corrected chi connectivity index (χ3v) is 7.51. The molecule has 2 fully saturated rings. The predicted octanol–water partition coefficient (Wildman–Crippen LogP) is 2.82. The number of fused-ring (bicyclic) bond motifs is 3. The van der Waals surface area contributed by atoms with Crippen LogP contribution in [0, 0.1) is 17.8 Å². The second-order valence-corrected chi connectivity index (χ2v) is 9.28. The van der Waals surface area contributed by atoms with E-state index in [9.17, 15) is 19.2 Å². The van der Waals surface area contributed by atoms with E-state index in [2.05, 4.69) is 4.74 Å². The molecule has 2 unspecified atom stereocenters. The van der Waals surface area contributed by atoms with Gasteiger partial charge in [-0.3, -0.25) is 4.79 Å². The molecule has 2 atom stereocenters. The zero-order valence-electron chi connectivity index (χ0n) is 19.2. The van der Waals surface area contributed by atoms with Crippen molar-refractivity contribution in [2.24, 2.45) is 10.8 Å².